The zero-order chi connectivity index (χ0) is 5.98. The molecule has 0 atom stereocenters. The third kappa shape index (κ3) is 1.00. The first-order valence-electron chi connectivity index (χ1n) is 2.21. The first kappa shape index (κ1) is 5.18. The molecule has 1 rings (SSSR count). The van der Waals surface area contributed by atoms with Gasteiger partial charge in [0, 0.05) is 0 Å². The number of urea groups is 1. The van der Waals surface area contributed by atoms with Gasteiger partial charge in [0.25, 0.3) is 0 Å². The summed E-state index contributed by atoms with van der Waals surface area (Å²) in [6.45, 7) is 0. The number of hydrogen-bond acceptors (Lipinski definition) is 2. The van der Waals surface area contributed by atoms with E-state index in [1.54, 1.807) is 0 Å². The van der Waals surface area contributed by atoms with E-state index in [9.17, 15) is 4.79 Å². The predicted molar refractivity (Wildman–Crippen MR) is 28.8 cm³/mol. The maximum atomic E-state index is 10.2. The summed E-state index contributed by atoms with van der Waals surface area (Å²) < 4.78 is 0. The van der Waals surface area contributed by atoms with Crippen molar-refractivity contribution in [3.8, 4) is 0 Å². The average molecular weight is 112 g/mol. The largest absolute Gasteiger partial charge is 0.444 e. The lowest BCUT2D eigenvalue weighted by Crippen LogP contribution is -2.46. The topological polar surface area (TPSA) is 61.4 Å². The summed E-state index contributed by atoms with van der Waals surface area (Å²) in [5, 5.41) is 13.1. The van der Waals surface area contributed by atoms with Gasteiger partial charge in [0.1, 0.15) is 0 Å². The van der Waals surface area contributed by atoms with Gasteiger partial charge >= 0.3 is 13.1 Å². The Bertz CT molecular complexity index is 135. The van der Waals surface area contributed by atoms with E-state index in [-0.39, 0.29) is 6.03 Å². The van der Waals surface area contributed by atoms with E-state index in [1.165, 1.54) is 12.2 Å². The van der Waals surface area contributed by atoms with Gasteiger partial charge in [-0.05, 0) is 12.2 Å². The molecule has 0 aromatic heterocycles. The molecule has 0 aliphatic carbocycles. The minimum absolute atomic E-state index is 0.375. The highest BCUT2D eigenvalue weighted by Crippen LogP contribution is 1.80. The summed E-state index contributed by atoms with van der Waals surface area (Å²) in [7, 11) is -0.830. The minimum atomic E-state index is -0.830. The van der Waals surface area contributed by atoms with Gasteiger partial charge in [0.05, 0.1) is 0 Å². The van der Waals surface area contributed by atoms with E-state index in [4.69, 9.17) is 5.02 Å². The molecule has 0 aromatic carbocycles. The van der Waals surface area contributed by atoms with Crippen molar-refractivity contribution < 1.29 is 9.82 Å². The van der Waals surface area contributed by atoms with Crippen molar-refractivity contribution in [1.82, 2.24) is 10.5 Å². The summed E-state index contributed by atoms with van der Waals surface area (Å²) in [4.78, 5) is 10.2. The van der Waals surface area contributed by atoms with Crippen LogP contribution in [0.15, 0.2) is 12.2 Å². The molecule has 3 N–H and O–H groups in total. The quantitative estimate of drug-likeness (QED) is 0.346. The SMILES string of the molecule is O=C1NC=CB(O)N1. The molecule has 0 radical (unpaired) electrons. The van der Waals surface area contributed by atoms with Gasteiger partial charge in [0.2, 0.25) is 0 Å². The lowest BCUT2D eigenvalue weighted by atomic mass is 9.84. The summed E-state index contributed by atoms with van der Waals surface area (Å²) in [5.74, 6) is 1.43. The summed E-state index contributed by atoms with van der Waals surface area (Å²) in [5.41, 5.74) is 0. The van der Waals surface area contributed by atoms with Crippen LogP contribution < -0.4 is 10.5 Å². The summed E-state index contributed by atoms with van der Waals surface area (Å²) in [6, 6.07) is -0.375. The van der Waals surface area contributed by atoms with Crippen LogP contribution in [0.5, 0.6) is 0 Å². The van der Waals surface area contributed by atoms with Crippen molar-refractivity contribution in [2.75, 3.05) is 0 Å². The lowest BCUT2D eigenvalue weighted by Gasteiger charge is -2.08. The zero-order valence-electron chi connectivity index (χ0n) is 4.09. The first-order valence-corrected chi connectivity index (χ1v) is 2.21. The molecule has 0 fully saturated rings. The normalized spacial score (nSPS) is 17.6. The Morgan fingerprint density at radius 2 is 2.50 bits per heavy atom. The van der Waals surface area contributed by atoms with Gasteiger partial charge in [0.15, 0.2) is 0 Å². The van der Waals surface area contributed by atoms with E-state index >= 15 is 0 Å². The molecule has 0 bridgehead atoms. The molecular weight excluding hydrogens is 107 g/mol. The van der Waals surface area contributed by atoms with Gasteiger partial charge in [-0.3, -0.25) is 0 Å². The molecule has 2 amide bonds. The molecule has 8 heavy (non-hydrogen) atoms. The number of hydrogen-bond donors (Lipinski definition) is 3. The van der Waals surface area contributed by atoms with Crippen molar-refractivity contribution >= 4 is 13.1 Å². The highest BCUT2D eigenvalue weighted by molar-refractivity contribution is 6.57. The second kappa shape index (κ2) is 1.87. The molecular formula is C3H5BN2O2. The second-order valence-corrected chi connectivity index (χ2v) is 1.42. The van der Waals surface area contributed by atoms with Crippen LogP contribution in [-0.4, -0.2) is 18.1 Å². The third-order valence-corrected chi connectivity index (χ3v) is 0.772. The van der Waals surface area contributed by atoms with Crippen LogP contribution in [-0.2, 0) is 0 Å². The second-order valence-electron chi connectivity index (χ2n) is 1.42. The maximum absolute atomic E-state index is 10.2. The van der Waals surface area contributed by atoms with Gasteiger partial charge in [-0.2, -0.15) is 0 Å². The van der Waals surface area contributed by atoms with E-state index in [0.29, 0.717) is 0 Å². The van der Waals surface area contributed by atoms with Crippen LogP contribution in [0.3, 0.4) is 0 Å². The molecule has 42 valence electrons. The van der Waals surface area contributed by atoms with Crippen LogP contribution in [0.4, 0.5) is 4.79 Å². The van der Waals surface area contributed by atoms with Crippen molar-refractivity contribution in [2.45, 2.75) is 0 Å². The molecule has 0 saturated carbocycles. The number of carbonyl (C=O) groups excluding carboxylic acids is 1. The molecule has 5 heteroatoms. The van der Waals surface area contributed by atoms with Crippen LogP contribution in [0.2, 0.25) is 0 Å². The predicted octanol–water partition coefficient (Wildman–Crippen LogP) is -1.17. The molecule has 0 saturated heterocycles. The van der Waals surface area contributed by atoms with E-state index in [2.05, 4.69) is 10.5 Å². The van der Waals surface area contributed by atoms with Crippen LogP contribution >= 0.6 is 0 Å². The third-order valence-electron chi connectivity index (χ3n) is 0.772. The van der Waals surface area contributed by atoms with Crippen LogP contribution in [0, 0.1) is 0 Å². The van der Waals surface area contributed by atoms with Gasteiger partial charge < -0.3 is 15.6 Å². The molecule has 0 spiro atoms. The zero-order valence-corrected chi connectivity index (χ0v) is 4.09. The number of amides is 2. The maximum Gasteiger partial charge on any atom is 0.444 e. The molecule has 0 aromatic rings. The Balaban J connectivity index is 2.54. The van der Waals surface area contributed by atoms with Crippen LogP contribution in [0.1, 0.15) is 0 Å². The molecule has 1 aliphatic rings. The summed E-state index contributed by atoms with van der Waals surface area (Å²) >= 11 is 0. The summed E-state index contributed by atoms with van der Waals surface area (Å²) in [6.07, 6.45) is 1.39. The van der Waals surface area contributed by atoms with Gasteiger partial charge in [-0.25, -0.2) is 4.79 Å². The fraction of sp³-hybridized carbons (Fsp3) is 0. The molecule has 4 nitrogen and oxygen atoms in total. The standard InChI is InChI=1S/C3H5BN2O2/c7-3-5-2-1-4(8)6-3/h1-2,8H,(H2,5,6,7). The number of carbonyl (C=O) groups is 1. The van der Waals surface area contributed by atoms with E-state index in [1.807, 2.05) is 0 Å². The highest BCUT2D eigenvalue weighted by Gasteiger charge is 2.13. The first-order chi connectivity index (χ1) is 3.79. The van der Waals surface area contributed by atoms with Gasteiger partial charge in [-0.1, -0.05) is 0 Å². The highest BCUT2D eigenvalue weighted by atomic mass is 16.2. The van der Waals surface area contributed by atoms with Crippen LogP contribution in [0.25, 0.3) is 0 Å². The fourth-order valence-corrected chi connectivity index (χ4v) is 0.439. The molecule has 1 heterocycles. The fourth-order valence-electron chi connectivity index (χ4n) is 0.439. The number of rotatable bonds is 0. The lowest BCUT2D eigenvalue weighted by molar-refractivity contribution is 0.247. The molecule has 0 unspecified atom stereocenters. The Labute approximate surface area is 46.7 Å². The Hall–Kier alpha value is -0.965. The van der Waals surface area contributed by atoms with Crippen molar-refractivity contribution in [3.63, 3.8) is 0 Å². The van der Waals surface area contributed by atoms with E-state index < -0.39 is 7.05 Å². The monoisotopic (exact) mass is 112 g/mol. The van der Waals surface area contributed by atoms with Gasteiger partial charge in [-0.15, -0.1) is 0 Å². The Morgan fingerprint density at radius 3 is 2.88 bits per heavy atom. The Kier molecular flexibility index (Phi) is 1.21. The van der Waals surface area contributed by atoms with Crippen molar-refractivity contribution in [3.05, 3.63) is 12.2 Å². The average Bonchev–Trinajstić information content (AvgIpc) is 1.64. The Morgan fingerprint density at radius 1 is 1.75 bits per heavy atom. The van der Waals surface area contributed by atoms with Crippen molar-refractivity contribution in [1.29, 1.82) is 0 Å². The van der Waals surface area contributed by atoms with E-state index in [0.717, 1.165) is 0 Å². The smallest absolute Gasteiger partial charge is 0.429 e. The van der Waals surface area contributed by atoms with Crippen molar-refractivity contribution in [2.24, 2.45) is 0 Å². The molecule has 1 aliphatic heterocycles. The number of nitrogens with one attached hydrogen (secondary N) is 2. The minimum Gasteiger partial charge on any atom is -0.429 e.